The first-order valence-electron chi connectivity index (χ1n) is 9.52. The molecule has 2 rings (SSSR count). The number of amides is 3. The highest BCUT2D eigenvalue weighted by Gasteiger charge is 2.14. The molecule has 0 radical (unpaired) electrons. The molecule has 0 saturated heterocycles. The van der Waals surface area contributed by atoms with Crippen molar-refractivity contribution in [3.8, 4) is 0 Å². The van der Waals surface area contributed by atoms with E-state index in [1.165, 1.54) is 29.8 Å². The number of urea groups is 1. The van der Waals surface area contributed by atoms with Gasteiger partial charge in [-0.15, -0.1) is 0 Å². The first-order chi connectivity index (χ1) is 13.3. The summed E-state index contributed by atoms with van der Waals surface area (Å²) < 4.78 is 12.8. The SMILES string of the molecule is CC(C)Cc1ccc(C(C)C(=O)NCCNC(=O)Nc2ccc(F)cc2)cc1. The number of carbonyl (C=O) groups is 2. The molecule has 0 aliphatic carbocycles. The Morgan fingerprint density at radius 2 is 1.50 bits per heavy atom. The van der Waals surface area contributed by atoms with Crippen molar-refractivity contribution in [2.75, 3.05) is 18.4 Å². The predicted octanol–water partition coefficient (Wildman–Crippen LogP) is 4.07. The Balaban J connectivity index is 1.71. The van der Waals surface area contributed by atoms with Gasteiger partial charge in [0.25, 0.3) is 0 Å². The molecule has 28 heavy (non-hydrogen) atoms. The van der Waals surface area contributed by atoms with Gasteiger partial charge in [0.1, 0.15) is 5.82 Å². The van der Waals surface area contributed by atoms with Gasteiger partial charge in [-0.1, -0.05) is 38.1 Å². The topological polar surface area (TPSA) is 70.2 Å². The fourth-order valence-electron chi connectivity index (χ4n) is 2.79. The molecule has 1 unspecified atom stereocenters. The molecule has 0 aliphatic heterocycles. The zero-order chi connectivity index (χ0) is 20.5. The number of hydrogen-bond acceptors (Lipinski definition) is 2. The number of halogens is 1. The average Bonchev–Trinajstić information content (AvgIpc) is 2.66. The number of carbonyl (C=O) groups excluding carboxylic acids is 2. The number of benzene rings is 2. The molecule has 0 saturated carbocycles. The maximum Gasteiger partial charge on any atom is 0.319 e. The molecule has 150 valence electrons. The van der Waals surface area contributed by atoms with Crippen LogP contribution in [0.25, 0.3) is 0 Å². The van der Waals surface area contributed by atoms with Crippen molar-refractivity contribution < 1.29 is 14.0 Å². The fraction of sp³-hybridized carbons (Fsp3) is 0.364. The second kappa shape index (κ2) is 10.4. The molecular weight excluding hydrogens is 357 g/mol. The molecule has 0 spiro atoms. The third kappa shape index (κ3) is 7.02. The highest BCUT2D eigenvalue weighted by molar-refractivity contribution is 5.89. The Labute approximate surface area is 165 Å². The van der Waals surface area contributed by atoms with E-state index in [0.717, 1.165) is 12.0 Å². The maximum absolute atomic E-state index is 12.8. The van der Waals surface area contributed by atoms with E-state index in [4.69, 9.17) is 0 Å². The van der Waals surface area contributed by atoms with Crippen LogP contribution in [0, 0.1) is 11.7 Å². The van der Waals surface area contributed by atoms with Crippen molar-refractivity contribution in [2.24, 2.45) is 5.92 Å². The van der Waals surface area contributed by atoms with Crippen molar-refractivity contribution in [3.63, 3.8) is 0 Å². The van der Waals surface area contributed by atoms with Crippen LogP contribution in [0.5, 0.6) is 0 Å². The number of anilines is 1. The van der Waals surface area contributed by atoms with Crippen LogP contribution in [0.2, 0.25) is 0 Å². The summed E-state index contributed by atoms with van der Waals surface area (Å²) >= 11 is 0. The molecule has 0 heterocycles. The van der Waals surface area contributed by atoms with E-state index < -0.39 is 6.03 Å². The molecule has 2 aromatic carbocycles. The predicted molar refractivity (Wildman–Crippen MR) is 110 cm³/mol. The van der Waals surface area contributed by atoms with E-state index >= 15 is 0 Å². The van der Waals surface area contributed by atoms with Crippen molar-refractivity contribution in [3.05, 3.63) is 65.5 Å². The first-order valence-corrected chi connectivity index (χ1v) is 9.52. The fourth-order valence-corrected chi connectivity index (χ4v) is 2.79. The molecule has 0 aliphatic rings. The van der Waals surface area contributed by atoms with Crippen LogP contribution in [0.1, 0.15) is 37.8 Å². The average molecular weight is 385 g/mol. The summed E-state index contributed by atoms with van der Waals surface area (Å²) in [5.74, 6) is -0.116. The molecule has 3 N–H and O–H groups in total. The minimum atomic E-state index is -0.408. The number of hydrogen-bond donors (Lipinski definition) is 3. The highest BCUT2D eigenvalue weighted by atomic mass is 19.1. The standard InChI is InChI=1S/C22H28FN3O2/c1-15(2)14-17-4-6-18(7-5-17)16(3)21(27)24-12-13-25-22(28)26-20-10-8-19(23)9-11-20/h4-11,15-16H,12-14H2,1-3H3,(H,24,27)(H2,25,26,28). The van der Waals surface area contributed by atoms with Gasteiger partial charge in [-0.05, 0) is 54.7 Å². The highest BCUT2D eigenvalue weighted by Crippen LogP contribution is 2.17. The van der Waals surface area contributed by atoms with E-state index in [9.17, 15) is 14.0 Å². The van der Waals surface area contributed by atoms with Crippen molar-refractivity contribution in [2.45, 2.75) is 33.1 Å². The van der Waals surface area contributed by atoms with E-state index in [1.54, 1.807) is 0 Å². The smallest absolute Gasteiger partial charge is 0.319 e. The molecule has 5 nitrogen and oxygen atoms in total. The maximum atomic E-state index is 12.8. The number of nitrogens with one attached hydrogen (secondary N) is 3. The summed E-state index contributed by atoms with van der Waals surface area (Å²) in [6.45, 7) is 6.83. The summed E-state index contributed by atoms with van der Waals surface area (Å²) in [5.41, 5.74) is 2.73. The zero-order valence-corrected chi connectivity index (χ0v) is 16.6. The number of rotatable bonds is 8. The molecule has 0 aromatic heterocycles. The lowest BCUT2D eigenvalue weighted by Gasteiger charge is -2.14. The Hall–Kier alpha value is -2.89. The summed E-state index contributed by atoms with van der Waals surface area (Å²) in [7, 11) is 0. The van der Waals surface area contributed by atoms with Gasteiger partial charge in [-0.3, -0.25) is 4.79 Å². The Bertz CT molecular complexity index is 773. The van der Waals surface area contributed by atoms with Crippen LogP contribution in [-0.2, 0) is 11.2 Å². The van der Waals surface area contributed by atoms with Gasteiger partial charge in [-0.2, -0.15) is 0 Å². The Morgan fingerprint density at radius 1 is 0.893 bits per heavy atom. The van der Waals surface area contributed by atoms with Crippen LogP contribution < -0.4 is 16.0 Å². The van der Waals surface area contributed by atoms with E-state index in [-0.39, 0.29) is 17.6 Å². The third-order valence-corrected chi connectivity index (χ3v) is 4.33. The van der Waals surface area contributed by atoms with Crippen LogP contribution in [0.4, 0.5) is 14.9 Å². The summed E-state index contributed by atoms with van der Waals surface area (Å²) in [6, 6.07) is 13.2. The van der Waals surface area contributed by atoms with Gasteiger partial charge in [0.2, 0.25) is 5.91 Å². The third-order valence-electron chi connectivity index (χ3n) is 4.33. The molecule has 2 aromatic rings. The van der Waals surface area contributed by atoms with Gasteiger partial charge in [0.15, 0.2) is 0 Å². The van der Waals surface area contributed by atoms with Gasteiger partial charge in [0.05, 0.1) is 5.92 Å². The minimum absolute atomic E-state index is 0.0858. The summed E-state index contributed by atoms with van der Waals surface area (Å²) in [6.07, 6.45) is 1.02. The van der Waals surface area contributed by atoms with Gasteiger partial charge < -0.3 is 16.0 Å². The largest absolute Gasteiger partial charge is 0.354 e. The molecule has 3 amide bonds. The Kier molecular flexibility index (Phi) is 7.99. The van der Waals surface area contributed by atoms with E-state index in [1.807, 2.05) is 19.1 Å². The second-order valence-electron chi connectivity index (χ2n) is 7.24. The van der Waals surface area contributed by atoms with Crippen LogP contribution in [-0.4, -0.2) is 25.0 Å². The first kappa shape index (κ1) is 21.4. The van der Waals surface area contributed by atoms with Gasteiger partial charge in [-0.25, -0.2) is 9.18 Å². The molecular formula is C22H28FN3O2. The quantitative estimate of drug-likeness (QED) is 0.600. The van der Waals surface area contributed by atoms with Crippen LogP contribution in [0.3, 0.4) is 0 Å². The minimum Gasteiger partial charge on any atom is -0.354 e. The monoisotopic (exact) mass is 385 g/mol. The molecule has 0 bridgehead atoms. The van der Waals surface area contributed by atoms with E-state index in [2.05, 4.69) is 41.9 Å². The second-order valence-corrected chi connectivity index (χ2v) is 7.24. The zero-order valence-electron chi connectivity index (χ0n) is 16.6. The molecule has 0 fully saturated rings. The van der Waals surface area contributed by atoms with Gasteiger partial charge >= 0.3 is 6.03 Å². The molecule has 1 atom stereocenters. The lowest BCUT2D eigenvalue weighted by Crippen LogP contribution is -2.38. The lowest BCUT2D eigenvalue weighted by atomic mass is 9.96. The van der Waals surface area contributed by atoms with E-state index in [0.29, 0.717) is 24.7 Å². The van der Waals surface area contributed by atoms with Crippen molar-refractivity contribution in [1.82, 2.24) is 10.6 Å². The van der Waals surface area contributed by atoms with Crippen LogP contribution >= 0.6 is 0 Å². The lowest BCUT2D eigenvalue weighted by molar-refractivity contribution is -0.122. The molecule has 6 heteroatoms. The Morgan fingerprint density at radius 3 is 2.11 bits per heavy atom. The normalized spacial score (nSPS) is 11.8. The van der Waals surface area contributed by atoms with Crippen LogP contribution in [0.15, 0.2) is 48.5 Å². The van der Waals surface area contributed by atoms with Gasteiger partial charge in [0, 0.05) is 18.8 Å². The van der Waals surface area contributed by atoms with Crippen molar-refractivity contribution >= 4 is 17.6 Å². The summed E-state index contributed by atoms with van der Waals surface area (Å²) in [5, 5.41) is 8.07. The summed E-state index contributed by atoms with van der Waals surface area (Å²) in [4.78, 5) is 24.1. The van der Waals surface area contributed by atoms with Crippen molar-refractivity contribution in [1.29, 1.82) is 0 Å².